The van der Waals surface area contributed by atoms with Gasteiger partial charge < -0.3 is 5.32 Å². The molecule has 2 rings (SSSR count). The first-order valence-corrected chi connectivity index (χ1v) is 5.81. The summed E-state index contributed by atoms with van der Waals surface area (Å²) in [4.78, 5) is 8.59. The average molecular weight is 227 g/mol. The molecule has 0 fully saturated rings. The minimum Gasteiger partial charge on any atom is -0.352 e. The van der Waals surface area contributed by atoms with Crippen LogP contribution in [0.4, 0.5) is 5.95 Å². The van der Waals surface area contributed by atoms with Crippen molar-refractivity contribution in [2.75, 3.05) is 5.32 Å². The Kier molecular flexibility index (Phi) is 3.38. The lowest BCUT2D eigenvalue weighted by molar-refractivity contribution is 0.874. The first-order chi connectivity index (χ1) is 8.15. The van der Waals surface area contributed by atoms with Crippen LogP contribution in [-0.4, -0.2) is 16.0 Å². The fourth-order valence-electron chi connectivity index (χ4n) is 1.56. The number of aromatic nitrogens is 2. The van der Waals surface area contributed by atoms with E-state index in [1.165, 1.54) is 5.56 Å². The van der Waals surface area contributed by atoms with Gasteiger partial charge in [-0.3, -0.25) is 0 Å². The van der Waals surface area contributed by atoms with Crippen LogP contribution in [0.15, 0.2) is 36.7 Å². The molecule has 0 spiro atoms. The van der Waals surface area contributed by atoms with E-state index in [4.69, 9.17) is 0 Å². The molecule has 0 aliphatic rings. The maximum atomic E-state index is 4.30. The zero-order valence-corrected chi connectivity index (χ0v) is 10.4. The van der Waals surface area contributed by atoms with Gasteiger partial charge in [0.15, 0.2) is 0 Å². The number of nitrogens with one attached hydrogen (secondary N) is 1. The Bertz CT molecular complexity index is 472. The summed E-state index contributed by atoms with van der Waals surface area (Å²) in [7, 11) is 0. The highest BCUT2D eigenvalue weighted by Gasteiger charge is 2.01. The van der Waals surface area contributed by atoms with Crippen molar-refractivity contribution in [2.24, 2.45) is 0 Å². The fraction of sp³-hybridized carbons (Fsp3) is 0.286. The molecule has 0 saturated heterocycles. The Labute approximate surface area is 102 Å². The number of anilines is 1. The molecule has 17 heavy (non-hydrogen) atoms. The molecule has 0 aliphatic heterocycles. The summed E-state index contributed by atoms with van der Waals surface area (Å²) in [5, 5.41) is 3.17. The van der Waals surface area contributed by atoms with Crippen LogP contribution in [0.2, 0.25) is 0 Å². The molecule has 1 aromatic carbocycles. The van der Waals surface area contributed by atoms with Gasteiger partial charge in [-0.1, -0.05) is 29.8 Å². The second-order valence-corrected chi connectivity index (χ2v) is 4.46. The van der Waals surface area contributed by atoms with E-state index < -0.39 is 0 Å². The minimum atomic E-state index is 0.347. The highest BCUT2D eigenvalue weighted by molar-refractivity contribution is 5.62. The van der Waals surface area contributed by atoms with Crippen LogP contribution in [0.3, 0.4) is 0 Å². The van der Waals surface area contributed by atoms with Gasteiger partial charge in [0.25, 0.3) is 0 Å². The Morgan fingerprint density at radius 1 is 0.941 bits per heavy atom. The fourth-order valence-corrected chi connectivity index (χ4v) is 1.56. The predicted molar refractivity (Wildman–Crippen MR) is 71.0 cm³/mol. The third-order valence-corrected chi connectivity index (χ3v) is 2.45. The molecule has 1 aromatic heterocycles. The zero-order valence-electron chi connectivity index (χ0n) is 10.4. The van der Waals surface area contributed by atoms with E-state index in [9.17, 15) is 0 Å². The SMILES string of the molecule is Cc1ccc(-c2cnc(NC(C)C)nc2)cc1. The molecule has 0 unspecified atom stereocenters. The van der Waals surface area contributed by atoms with Crippen LogP contribution in [-0.2, 0) is 0 Å². The molecular formula is C14H17N3. The van der Waals surface area contributed by atoms with Crippen LogP contribution in [0, 0.1) is 6.92 Å². The lowest BCUT2D eigenvalue weighted by atomic mass is 10.1. The molecule has 3 heteroatoms. The molecule has 2 aromatic rings. The number of hydrogen-bond donors (Lipinski definition) is 1. The van der Waals surface area contributed by atoms with Crippen molar-refractivity contribution >= 4 is 5.95 Å². The molecule has 0 aliphatic carbocycles. The van der Waals surface area contributed by atoms with Crippen molar-refractivity contribution in [1.82, 2.24) is 9.97 Å². The highest BCUT2D eigenvalue weighted by Crippen LogP contribution is 2.18. The van der Waals surface area contributed by atoms with Crippen molar-refractivity contribution in [2.45, 2.75) is 26.8 Å². The minimum absolute atomic E-state index is 0.347. The second kappa shape index (κ2) is 4.95. The summed E-state index contributed by atoms with van der Waals surface area (Å²) in [5.74, 6) is 0.677. The van der Waals surface area contributed by atoms with Crippen molar-refractivity contribution in [3.8, 4) is 11.1 Å². The highest BCUT2D eigenvalue weighted by atomic mass is 15.1. The van der Waals surface area contributed by atoms with Crippen molar-refractivity contribution in [3.05, 3.63) is 42.2 Å². The molecule has 1 N–H and O–H groups in total. The van der Waals surface area contributed by atoms with E-state index in [1.807, 2.05) is 12.4 Å². The van der Waals surface area contributed by atoms with Crippen LogP contribution < -0.4 is 5.32 Å². The monoisotopic (exact) mass is 227 g/mol. The summed E-state index contributed by atoms with van der Waals surface area (Å²) in [5.41, 5.74) is 3.44. The van der Waals surface area contributed by atoms with Gasteiger partial charge in [-0.15, -0.1) is 0 Å². The summed E-state index contributed by atoms with van der Waals surface area (Å²) in [6.45, 7) is 6.21. The molecule has 0 radical (unpaired) electrons. The van der Waals surface area contributed by atoms with E-state index in [0.717, 1.165) is 11.1 Å². The Morgan fingerprint density at radius 2 is 1.53 bits per heavy atom. The van der Waals surface area contributed by atoms with Crippen molar-refractivity contribution < 1.29 is 0 Å². The summed E-state index contributed by atoms with van der Waals surface area (Å²) in [6, 6.07) is 8.71. The lowest BCUT2D eigenvalue weighted by Gasteiger charge is -2.08. The second-order valence-electron chi connectivity index (χ2n) is 4.46. The number of hydrogen-bond acceptors (Lipinski definition) is 3. The van der Waals surface area contributed by atoms with E-state index >= 15 is 0 Å². The van der Waals surface area contributed by atoms with Gasteiger partial charge in [0, 0.05) is 24.0 Å². The molecule has 88 valence electrons. The Morgan fingerprint density at radius 3 is 2.06 bits per heavy atom. The first-order valence-electron chi connectivity index (χ1n) is 5.81. The van der Waals surface area contributed by atoms with E-state index in [1.54, 1.807) is 0 Å². The number of benzene rings is 1. The van der Waals surface area contributed by atoms with Gasteiger partial charge in [-0.2, -0.15) is 0 Å². The van der Waals surface area contributed by atoms with Gasteiger partial charge in [0.05, 0.1) is 0 Å². The van der Waals surface area contributed by atoms with E-state index in [-0.39, 0.29) is 0 Å². The maximum Gasteiger partial charge on any atom is 0.222 e. The normalized spacial score (nSPS) is 10.6. The number of nitrogens with zero attached hydrogens (tertiary/aromatic N) is 2. The van der Waals surface area contributed by atoms with Crippen molar-refractivity contribution in [1.29, 1.82) is 0 Å². The molecule has 0 bridgehead atoms. The van der Waals surface area contributed by atoms with Gasteiger partial charge in [0.2, 0.25) is 5.95 Å². The van der Waals surface area contributed by atoms with E-state index in [0.29, 0.717) is 12.0 Å². The summed E-state index contributed by atoms with van der Waals surface area (Å²) < 4.78 is 0. The lowest BCUT2D eigenvalue weighted by Crippen LogP contribution is -2.12. The molecule has 0 amide bonds. The molecule has 3 nitrogen and oxygen atoms in total. The van der Waals surface area contributed by atoms with Gasteiger partial charge in [-0.25, -0.2) is 9.97 Å². The van der Waals surface area contributed by atoms with Crippen LogP contribution in [0.25, 0.3) is 11.1 Å². The van der Waals surface area contributed by atoms with Gasteiger partial charge in [-0.05, 0) is 26.3 Å². The van der Waals surface area contributed by atoms with Crippen LogP contribution in [0.5, 0.6) is 0 Å². The summed E-state index contributed by atoms with van der Waals surface area (Å²) >= 11 is 0. The molecular weight excluding hydrogens is 210 g/mol. The smallest absolute Gasteiger partial charge is 0.222 e. The Balaban J connectivity index is 2.20. The largest absolute Gasteiger partial charge is 0.352 e. The third kappa shape index (κ3) is 3.03. The maximum absolute atomic E-state index is 4.30. The summed E-state index contributed by atoms with van der Waals surface area (Å²) in [6.07, 6.45) is 3.70. The van der Waals surface area contributed by atoms with Crippen LogP contribution in [0.1, 0.15) is 19.4 Å². The first kappa shape index (κ1) is 11.6. The predicted octanol–water partition coefficient (Wildman–Crippen LogP) is 3.27. The van der Waals surface area contributed by atoms with Crippen LogP contribution >= 0.6 is 0 Å². The van der Waals surface area contributed by atoms with Crippen molar-refractivity contribution in [3.63, 3.8) is 0 Å². The van der Waals surface area contributed by atoms with Gasteiger partial charge >= 0.3 is 0 Å². The molecule has 1 heterocycles. The van der Waals surface area contributed by atoms with E-state index in [2.05, 4.69) is 60.3 Å². The number of aryl methyl sites for hydroxylation is 1. The topological polar surface area (TPSA) is 37.8 Å². The zero-order chi connectivity index (χ0) is 12.3. The standard InChI is InChI=1S/C14H17N3/c1-10(2)17-14-15-8-13(9-16-14)12-6-4-11(3)5-7-12/h4-10H,1-3H3,(H,15,16,17). The third-order valence-electron chi connectivity index (χ3n) is 2.45. The molecule has 0 atom stereocenters. The average Bonchev–Trinajstić information content (AvgIpc) is 2.30. The quantitative estimate of drug-likeness (QED) is 0.874. The molecule has 0 saturated carbocycles. The number of rotatable bonds is 3. The van der Waals surface area contributed by atoms with Gasteiger partial charge in [0.1, 0.15) is 0 Å². The Hall–Kier alpha value is -1.90.